The standard InChI is InChI=1S/C22H25N5O2/c1-14(2)21-23-12-19-22(28)25(5)20(13-26(19)21)29-17-8-6-16(7-9-17)18-10-11-24-27(18)15(3)4/h6-15H,1-5H3. The summed E-state index contributed by atoms with van der Waals surface area (Å²) in [6, 6.07) is 10.1. The second kappa shape index (κ2) is 7.24. The fourth-order valence-electron chi connectivity index (χ4n) is 3.43. The van der Waals surface area contributed by atoms with Crippen LogP contribution in [0.5, 0.6) is 11.6 Å². The molecule has 3 aromatic heterocycles. The first-order chi connectivity index (χ1) is 13.9. The molecule has 0 aliphatic heterocycles. The average molecular weight is 391 g/mol. The molecule has 0 spiro atoms. The summed E-state index contributed by atoms with van der Waals surface area (Å²) in [5.41, 5.74) is 2.52. The van der Waals surface area contributed by atoms with Gasteiger partial charge in [-0.05, 0) is 44.2 Å². The molecule has 0 aliphatic rings. The molecule has 0 unspecified atom stereocenters. The van der Waals surface area contributed by atoms with E-state index in [1.165, 1.54) is 4.57 Å². The number of aromatic nitrogens is 5. The van der Waals surface area contributed by atoms with Crippen molar-refractivity contribution in [2.24, 2.45) is 7.05 Å². The molecule has 4 rings (SSSR count). The molecule has 0 saturated carbocycles. The molecule has 1 aromatic carbocycles. The molecule has 7 nitrogen and oxygen atoms in total. The summed E-state index contributed by atoms with van der Waals surface area (Å²) >= 11 is 0. The van der Waals surface area contributed by atoms with Crippen LogP contribution < -0.4 is 10.3 Å². The van der Waals surface area contributed by atoms with Crippen molar-refractivity contribution < 1.29 is 4.74 Å². The van der Waals surface area contributed by atoms with Crippen molar-refractivity contribution in [1.82, 2.24) is 23.7 Å². The van der Waals surface area contributed by atoms with Gasteiger partial charge in [0.05, 0.1) is 18.1 Å². The molecule has 0 radical (unpaired) electrons. The third-order valence-corrected chi connectivity index (χ3v) is 4.97. The first-order valence-corrected chi connectivity index (χ1v) is 9.75. The summed E-state index contributed by atoms with van der Waals surface area (Å²) in [4.78, 5) is 17.1. The van der Waals surface area contributed by atoms with E-state index in [0.29, 0.717) is 17.1 Å². The normalized spacial score (nSPS) is 11.7. The van der Waals surface area contributed by atoms with Gasteiger partial charge in [0.15, 0.2) is 0 Å². The van der Waals surface area contributed by atoms with Gasteiger partial charge in [-0.1, -0.05) is 13.8 Å². The van der Waals surface area contributed by atoms with Crippen LogP contribution >= 0.6 is 0 Å². The van der Waals surface area contributed by atoms with Crippen molar-refractivity contribution in [3.63, 3.8) is 0 Å². The van der Waals surface area contributed by atoms with E-state index in [9.17, 15) is 4.79 Å². The van der Waals surface area contributed by atoms with Crippen molar-refractivity contribution in [2.45, 2.75) is 39.7 Å². The second-order valence-corrected chi connectivity index (χ2v) is 7.74. The lowest BCUT2D eigenvalue weighted by Gasteiger charge is -2.13. The largest absolute Gasteiger partial charge is 0.439 e. The number of benzene rings is 1. The predicted octanol–water partition coefficient (Wildman–Crippen LogP) is 4.39. The van der Waals surface area contributed by atoms with Crippen LogP contribution in [-0.2, 0) is 7.05 Å². The average Bonchev–Trinajstić information content (AvgIpc) is 3.34. The van der Waals surface area contributed by atoms with E-state index in [2.05, 4.69) is 23.9 Å². The summed E-state index contributed by atoms with van der Waals surface area (Å²) in [6.45, 7) is 8.30. The number of fused-ring (bicyclic) bond motifs is 1. The van der Waals surface area contributed by atoms with Crippen LogP contribution in [0.25, 0.3) is 16.8 Å². The maximum atomic E-state index is 12.7. The third kappa shape index (κ3) is 3.33. The molecule has 0 fully saturated rings. The highest BCUT2D eigenvalue weighted by molar-refractivity contribution is 5.60. The summed E-state index contributed by atoms with van der Waals surface area (Å²) in [5.74, 6) is 2.15. The molecule has 3 heterocycles. The SMILES string of the molecule is CC(C)c1ncc2c(=O)n(C)c(Oc3ccc(-c4ccnn4C(C)C)cc3)cn12. The Morgan fingerprint density at radius 2 is 1.76 bits per heavy atom. The lowest BCUT2D eigenvalue weighted by Crippen LogP contribution is -2.20. The van der Waals surface area contributed by atoms with Crippen LogP contribution in [0.1, 0.15) is 45.5 Å². The fourth-order valence-corrected chi connectivity index (χ4v) is 3.43. The highest BCUT2D eigenvalue weighted by Gasteiger charge is 2.15. The molecular weight excluding hydrogens is 366 g/mol. The van der Waals surface area contributed by atoms with E-state index in [4.69, 9.17) is 4.74 Å². The molecule has 7 heteroatoms. The lowest BCUT2D eigenvalue weighted by molar-refractivity contribution is 0.430. The van der Waals surface area contributed by atoms with Crippen LogP contribution in [0, 0.1) is 0 Å². The summed E-state index contributed by atoms with van der Waals surface area (Å²) in [7, 11) is 1.70. The molecule has 29 heavy (non-hydrogen) atoms. The van der Waals surface area contributed by atoms with Crippen LogP contribution in [-0.4, -0.2) is 23.7 Å². The molecule has 150 valence electrons. The smallest absolute Gasteiger partial charge is 0.279 e. The van der Waals surface area contributed by atoms with Gasteiger partial charge in [0.1, 0.15) is 17.1 Å². The number of hydrogen-bond donors (Lipinski definition) is 0. The molecule has 0 amide bonds. The van der Waals surface area contributed by atoms with Gasteiger partial charge >= 0.3 is 0 Å². The Morgan fingerprint density at radius 3 is 2.41 bits per heavy atom. The Bertz CT molecular complexity index is 1210. The van der Waals surface area contributed by atoms with Crippen LogP contribution in [0.3, 0.4) is 0 Å². The lowest BCUT2D eigenvalue weighted by atomic mass is 10.1. The van der Waals surface area contributed by atoms with E-state index < -0.39 is 0 Å². The van der Waals surface area contributed by atoms with Crippen LogP contribution in [0.15, 0.2) is 53.7 Å². The van der Waals surface area contributed by atoms with Gasteiger partial charge in [0.25, 0.3) is 5.56 Å². The zero-order valence-electron chi connectivity index (χ0n) is 17.3. The Hall–Kier alpha value is -3.35. The number of nitrogens with zero attached hydrogens (tertiary/aromatic N) is 5. The minimum atomic E-state index is -0.139. The monoisotopic (exact) mass is 391 g/mol. The number of rotatable bonds is 5. The summed E-state index contributed by atoms with van der Waals surface area (Å²) < 4.78 is 11.4. The minimum Gasteiger partial charge on any atom is -0.439 e. The van der Waals surface area contributed by atoms with Crippen molar-refractivity contribution in [1.29, 1.82) is 0 Å². The maximum absolute atomic E-state index is 12.7. The highest BCUT2D eigenvalue weighted by Crippen LogP contribution is 2.27. The first kappa shape index (κ1) is 19.0. The number of imidazole rings is 1. The van der Waals surface area contributed by atoms with Gasteiger partial charge in [-0.25, -0.2) is 4.98 Å². The third-order valence-electron chi connectivity index (χ3n) is 4.97. The van der Waals surface area contributed by atoms with Gasteiger partial charge in [-0.3, -0.25) is 18.4 Å². The van der Waals surface area contributed by atoms with Crippen LogP contribution in [0.4, 0.5) is 0 Å². The zero-order chi connectivity index (χ0) is 20.7. The van der Waals surface area contributed by atoms with Gasteiger partial charge in [-0.2, -0.15) is 5.10 Å². The summed E-state index contributed by atoms with van der Waals surface area (Å²) in [5, 5.41) is 4.39. The van der Waals surface area contributed by atoms with Gasteiger partial charge in [0, 0.05) is 30.8 Å². The maximum Gasteiger partial charge on any atom is 0.279 e. The van der Waals surface area contributed by atoms with E-state index in [0.717, 1.165) is 17.1 Å². The van der Waals surface area contributed by atoms with Crippen molar-refractivity contribution in [3.05, 3.63) is 65.1 Å². The quantitative estimate of drug-likeness (QED) is 0.506. The van der Waals surface area contributed by atoms with Gasteiger partial charge < -0.3 is 4.74 Å². The molecule has 0 N–H and O–H groups in total. The first-order valence-electron chi connectivity index (χ1n) is 9.75. The Kier molecular flexibility index (Phi) is 4.74. The Balaban J connectivity index is 1.68. The molecule has 4 aromatic rings. The van der Waals surface area contributed by atoms with E-state index in [-0.39, 0.29) is 17.5 Å². The minimum absolute atomic E-state index is 0.139. The molecule has 0 bridgehead atoms. The van der Waals surface area contributed by atoms with Crippen molar-refractivity contribution >= 4 is 5.52 Å². The van der Waals surface area contributed by atoms with Gasteiger partial charge in [-0.15, -0.1) is 0 Å². The zero-order valence-corrected chi connectivity index (χ0v) is 17.3. The van der Waals surface area contributed by atoms with E-state index in [1.54, 1.807) is 13.2 Å². The van der Waals surface area contributed by atoms with E-state index in [1.807, 2.05) is 65.7 Å². The molecule has 0 aliphatic carbocycles. The Labute approximate surface area is 169 Å². The molecule has 0 saturated heterocycles. The van der Waals surface area contributed by atoms with Crippen LogP contribution in [0.2, 0.25) is 0 Å². The second-order valence-electron chi connectivity index (χ2n) is 7.74. The van der Waals surface area contributed by atoms with Gasteiger partial charge in [0.2, 0.25) is 5.88 Å². The number of hydrogen-bond acceptors (Lipinski definition) is 4. The summed E-state index contributed by atoms with van der Waals surface area (Å²) in [6.07, 6.45) is 5.25. The highest BCUT2D eigenvalue weighted by atomic mass is 16.5. The van der Waals surface area contributed by atoms with Crippen molar-refractivity contribution in [2.75, 3.05) is 0 Å². The Morgan fingerprint density at radius 1 is 1.03 bits per heavy atom. The van der Waals surface area contributed by atoms with E-state index >= 15 is 0 Å². The number of ether oxygens (including phenoxy) is 1. The fraction of sp³-hybridized carbons (Fsp3) is 0.318. The predicted molar refractivity (Wildman–Crippen MR) is 113 cm³/mol. The molecular formula is C22H25N5O2. The molecule has 0 atom stereocenters. The topological polar surface area (TPSA) is 66.4 Å². The van der Waals surface area contributed by atoms with Crippen molar-refractivity contribution in [3.8, 4) is 22.9 Å².